The van der Waals surface area contributed by atoms with E-state index in [2.05, 4.69) is 30.5 Å². The summed E-state index contributed by atoms with van der Waals surface area (Å²) in [5.74, 6) is -0.164. The minimum absolute atomic E-state index is 0.164. The van der Waals surface area contributed by atoms with Gasteiger partial charge >= 0.3 is 0 Å². The predicted octanol–water partition coefficient (Wildman–Crippen LogP) is 6.75. The van der Waals surface area contributed by atoms with E-state index >= 15 is 0 Å². The molecular formula is C30H57NO4. The fourth-order valence-corrected chi connectivity index (χ4v) is 4.30. The van der Waals surface area contributed by atoms with Crippen molar-refractivity contribution in [1.29, 1.82) is 0 Å². The smallest absolute Gasteiger partial charge is 0.220 e. The summed E-state index contributed by atoms with van der Waals surface area (Å²) in [4.78, 5) is 12.2. The van der Waals surface area contributed by atoms with Gasteiger partial charge < -0.3 is 20.6 Å². The zero-order chi connectivity index (χ0) is 26.0. The van der Waals surface area contributed by atoms with E-state index in [1.54, 1.807) is 0 Å². The lowest BCUT2D eigenvalue weighted by molar-refractivity contribution is -0.124. The molecule has 3 atom stereocenters. The summed E-state index contributed by atoms with van der Waals surface area (Å²) in [5, 5.41) is 32.9. The van der Waals surface area contributed by atoms with Gasteiger partial charge in [-0.05, 0) is 45.4 Å². The second-order valence-electron chi connectivity index (χ2n) is 9.96. The SMILES string of the molecule is C/C=C/CC/C=C/CCCC(O)C(O)C(CO)NC(=O)CCCCCCCCCCCCCCC. The van der Waals surface area contributed by atoms with Crippen molar-refractivity contribution in [1.82, 2.24) is 5.32 Å². The molecule has 0 fully saturated rings. The highest BCUT2D eigenvalue weighted by atomic mass is 16.3. The first-order valence-electron chi connectivity index (χ1n) is 14.6. The largest absolute Gasteiger partial charge is 0.394 e. The monoisotopic (exact) mass is 495 g/mol. The van der Waals surface area contributed by atoms with Crippen molar-refractivity contribution in [3.05, 3.63) is 24.3 Å². The van der Waals surface area contributed by atoms with Crippen LogP contribution in [0.5, 0.6) is 0 Å². The lowest BCUT2D eigenvalue weighted by atomic mass is 10.0. The van der Waals surface area contributed by atoms with Gasteiger partial charge in [-0.3, -0.25) is 4.79 Å². The molecule has 0 aromatic heterocycles. The lowest BCUT2D eigenvalue weighted by Gasteiger charge is -2.26. The van der Waals surface area contributed by atoms with Crippen LogP contribution in [-0.4, -0.2) is 46.1 Å². The molecule has 5 nitrogen and oxygen atoms in total. The topological polar surface area (TPSA) is 89.8 Å². The maximum absolute atomic E-state index is 12.2. The zero-order valence-electron chi connectivity index (χ0n) is 22.9. The standard InChI is InChI=1S/C30H57NO4/c1-3-5-7-9-11-13-14-15-16-17-19-21-23-25-29(34)31-27(26-32)30(35)28(33)24-22-20-18-12-10-8-6-4-2/h4,6,12,18,27-28,30,32-33,35H,3,5,7-11,13-17,19-26H2,1-2H3,(H,31,34)/b6-4+,18-12+. The van der Waals surface area contributed by atoms with Crippen molar-refractivity contribution in [3.8, 4) is 0 Å². The van der Waals surface area contributed by atoms with Crippen molar-refractivity contribution in [2.45, 2.75) is 154 Å². The molecule has 0 radical (unpaired) electrons. The molecule has 0 saturated heterocycles. The van der Waals surface area contributed by atoms with Crippen molar-refractivity contribution >= 4 is 5.91 Å². The molecule has 0 aromatic rings. The Labute approximate surface area is 216 Å². The second kappa shape index (κ2) is 25.9. The van der Waals surface area contributed by atoms with Gasteiger partial charge in [0.1, 0.15) is 6.10 Å². The molecule has 35 heavy (non-hydrogen) atoms. The van der Waals surface area contributed by atoms with Gasteiger partial charge in [0.2, 0.25) is 5.91 Å². The number of rotatable bonds is 25. The third kappa shape index (κ3) is 21.8. The molecule has 0 heterocycles. The van der Waals surface area contributed by atoms with Gasteiger partial charge in [0.05, 0.1) is 18.8 Å². The summed E-state index contributed by atoms with van der Waals surface area (Å²) in [5.41, 5.74) is 0. The summed E-state index contributed by atoms with van der Waals surface area (Å²) in [6.45, 7) is 3.89. The Kier molecular flexibility index (Phi) is 25.0. The molecule has 3 unspecified atom stereocenters. The molecule has 0 aliphatic carbocycles. The predicted molar refractivity (Wildman–Crippen MR) is 148 cm³/mol. The summed E-state index contributed by atoms with van der Waals surface area (Å²) in [6.07, 6.45) is 27.1. The van der Waals surface area contributed by atoms with Crippen molar-refractivity contribution < 1.29 is 20.1 Å². The number of allylic oxidation sites excluding steroid dienone is 4. The maximum Gasteiger partial charge on any atom is 0.220 e. The molecule has 0 rings (SSSR count). The van der Waals surface area contributed by atoms with E-state index < -0.39 is 18.2 Å². The summed E-state index contributed by atoms with van der Waals surface area (Å²) in [6, 6.07) is -0.823. The minimum Gasteiger partial charge on any atom is -0.394 e. The molecule has 0 bridgehead atoms. The average Bonchev–Trinajstić information content (AvgIpc) is 2.86. The van der Waals surface area contributed by atoms with E-state index in [1.165, 1.54) is 64.2 Å². The zero-order valence-corrected chi connectivity index (χ0v) is 22.9. The lowest BCUT2D eigenvalue weighted by Crippen LogP contribution is -2.50. The van der Waals surface area contributed by atoms with Gasteiger partial charge in [-0.1, -0.05) is 108 Å². The van der Waals surface area contributed by atoms with E-state index in [9.17, 15) is 20.1 Å². The van der Waals surface area contributed by atoms with Crippen LogP contribution >= 0.6 is 0 Å². The number of unbranched alkanes of at least 4 members (excludes halogenated alkanes) is 14. The molecule has 206 valence electrons. The highest BCUT2D eigenvalue weighted by Gasteiger charge is 2.26. The molecule has 5 heteroatoms. The molecule has 4 N–H and O–H groups in total. The summed E-state index contributed by atoms with van der Waals surface area (Å²) < 4.78 is 0. The van der Waals surface area contributed by atoms with Gasteiger partial charge in [-0.25, -0.2) is 0 Å². The van der Waals surface area contributed by atoms with Crippen LogP contribution in [-0.2, 0) is 4.79 Å². The van der Waals surface area contributed by atoms with Crippen LogP contribution < -0.4 is 5.32 Å². The van der Waals surface area contributed by atoms with E-state index in [4.69, 9.17) is 0 Å². The van der Waals surface area contributed by atoms with Crippen LogP contribution in [0.1, 0.15) is 136 Å². The molecule has 0 aliphatic heterocycles. The normalized spacial score (nSPS) is 14.5. The minimum atomic E-state index is -1.16. The van der Waals surface area contributed by atoms with Gasteiger partial charge in [0.15, 0.2) is 0 Å². The Bertz CT molecular complexity index is 520. The molecule has 0 spiro atoms. The van der Waals surface area contributed by atoms with Gasteiger partial charge in [0, 0.05) is 6.42 Å². The third-order valence-corrected chi connectivity index (χ3v) is 6.63. The van der Waals surface area contributed by atoms with E-state index in [-0.39, 0.29) is 12.5 Å². The van der Waals surface area contributed by atoms with E-state index in [0.29, 0.717) is 12.8 Å². The maximum atomic E-state index is 12.2. The van der Waals surface area contributed by atoms with E-state index in [1.807, 2.05) is 13.0 Å². The van der Waals surface area contributed by atoms with E-state index in [0.717, 1.165) is 44.9 Å². The average molecular weight is 496 g/mol. The number of amides is 1. The fraction of sp³-hybridized carbons (Fsp3) is 0.833. The van der Waals surface area contributed by atoms with Gasteiger partial charge in [-0.2, -0.15) is 0 Å². The number of hydrogen-bond acceptors (Lipinski definition) is 4. The second-order valence-corrected chi connectivity index (χ2v) is 9.96. The van der Waals surface area contributed by atoms with Crippen LogP contribution in [0, 0.1) is 0 Å². The van der Waals surface area contributed by atoms with Gasteiger partial charge in [0.25, 0.3) is 0 Å². The van der Waals surface area contributed by atoms with Crippen LogP contribution in [0.25, 0.3) is 0 Å². The first-order valence-corrected chi connectivity index (χ1v) is 14.6. The molecule has 0 saturated carbocycles. The Morgan fingerprint density at radius 3 is 1.80 bits per heavy atom. The number of aliphatic hydroxyl groups is 3. The Balaban J connectivity index is 3.79. The summed E-state index contributed by atoms with van der Waals surface area (Å²) >= 11 is 0. The molecular weight excluding hydrogens is 438 g/mol. The van der Waals surface area contributed by atoms with Crippen LogP contribution in [0.3, 0.4) is 0 Å². The molecule has 0 aromatic carbocycles. The fourth-order valence-electron chi connectivity index (χ4n) is 4.30. The first-order chi connectivity index (χ1) is 17.1. The summed E-state index contributed by atoms with van der Waals surface area (Å²) in [7, 11) is 0. The Morgan fingerprint density at radius 2 is 1.26 bits per heavy atom. The number of hydrogen-bond donors (Lipinski definition) is 4. The third-order valence-electron chi connectivity index (χ3n) is 6.63. The molecule has 1 amide bonds. The quantitative estimate of drug-likeness (QED) is 0.0833. The number of nitrogens with one attached hydrogen (secondary N) is 1. The highest BCUT2D eigenvalue weighted by molar-refractivity contribution is 5.76. The van der Waals surface area contributed by atoms with Crippen molar-refractivity contribution in [3.63, 3.8) is 0 Å². The Hall–Kier alpha value is -1.17. The molecule has 0 aliphatic rings. The van der Waals surface area contributed by atoms with Crippen LogP contribution in [0.2, 0.25) is 0 Å². The van der Waals surface area contributed by atoms with Crippen molar-refractivity contribution in [2.24, 2.45) is 0 Å². The first kappa shape index (κ1) is 33.8. The van der Waals surface area contributed by atoms with Crippen LogP contribution in [0.4, 0.5) is 0 Å². The van der Waals surface area contributed by atoms with Crippen molar-refractivity contribution in [2.75, 3.05) is 6.61 Å². The Morgan fingerprint density at radius 1 is 0.743 bits per heavy atom. The highest BCUT2D eigenvalue weighted by Crippen LogP contribution is 2.13. The van der Waals surface area contributed by atoms with Crippen LogP contribution in [0.15, 0.2) is 24.3 Å². The number of aliphatic hydroxyl groups excluding tert-OH is 3. The number of carbonyl (C=O) groups is 1. The number of carbonyl (C=O) groups excluding carboxylic acids is 1. The van der Waals surface area contributed by atoms with Gasteiger partial charge in [-0.15, -0.1) is 0 Å².